The smallest absolute Gasteiger partial charge is 0.250 e. The highest BCUT2D eigenvalue weighted by atomic mass is 32.2. The fraction of sp³-hybridized carbons (Fsp3) is 0.545. The zero-order chi connectivity index (χ0) is 14.3. The summed E-state index contributed by atoms with van der Waals surface area (Å²) in [4.78, 5) is 11.7. The third-order valence-corrected chi connectivity index (χ3v) is 5.41. The molecule has 0 aromatic carbocycles. The van der Waals surface area contributed by atoms with Crippen molar-refractivity contribution < 1.29 is 13.2 Å². The Morgan fingerprint density at radius 1 is 1.26 bits per heavy atom. The van der Waals surface area contributed by atoms with Gasteiger partial charge in [0.2, 0.25) is 15.9 Å². The van der Waals surface area contributed by atoms with E-state index in [1.165, 1.54) is 18.3 Å². The quantitative estimate of drug-likeness (QED) is 0.587. The average molecular weight is 305 g/mol. The maximum atomic E-state index is 11.9. The number of nitrogens with one attached hydrogen (secondary N) is 3. The van der Waals surface area contributed by atoms with Crippen LogP contribution >= 0.6 is 11.3 Å². The molecular formula is C11H19N3O3S2. The van der Waals surface area contributed by atoms with Crippen LogP contribution in [0.2, 0.25) is 0 Å². The van der Waals surface area contributed by atoms with Gasteiger partial charge in [-0.25, -0.2) is 13.1 Å². The van der Waals surface area contributed by atoms with E-state index in [9.17, 15) is 13.2 Å². The number of carbonyl (C=O) groups is 1. The lowest BCUT2D eigenvalue weighted by Gasteiger charge is -2.03. The van der Waals surface area contributed by atoms with Gasteiger partial charge in [0.25, 0.3) is 0 Å². The second-order valence-corrected chi connectivity index (χ2v) is 7.12. The average Bonchev–Trinajstić information content (AvgIpc) is 2.78. The molecule has 0 saturated carbocycles. The van der Waals surface area contributed by atoms with Crippen molar-refractivity contribution in [2.75, 3.05) is 26.7 Å². The van der Waals surface area contributed by atoms with Crippen molar-refractivity contribution in [1.29, 1.82) is 0 Å². The van der Waals surface area contributed by atoms with Crippen molar-refractivity contribution in [3.63, 3.8) is 0 Å². The Bertz CT molecular complexity index is 511. The molecule has 1 heterocycles. The first-order valence-electron chi connectivity index (χ1n) is 5.93. The van der Waals surface area contributed by atoms with Crippen molar-refractivity contribution in [2.45, 2.75) is 17.6 Å². The SMILES string of the molecule is CNCCNS(=O)(=O)c1ccc(CCNC(C)=O)s1. The minimum Gasteiger partial charge on any atom is -0.356 e. The molecule has 0 bridgehead atoms. The lowest BCUT2D eigenvalue weighted by atomic mass is 10.3. The number of hydrogen-bond donors (Lipinski definition) is 3. The third-order valence-electron chi connectivity index (χ3n) is 2.31. The first-order valence-corrected chi connectivity index (χ1v) is 8.23. The molecule has 19 heavy (non-hydrogen) atoms. The van der Waals surface area contributed by atoms with Crippen molar-refractivity contribution in [3.05, 3.63) is 17.0 Å². The van der Waals surface area contributed by atoms with Crippen LogP contribution in [0.15, 0.2) is 16.3 Å². The van der Waals surface area contributed by atoms with E-state index in [0.717, 1.165) is 4.88 Å². The molecule has 0 aliphatic rings. The van der Waals surface area contributed by atoms with Crippen molar-refractivity contribution in [2.24, 2.45) is 0 Å². The van der Waals surface area contributed by atoms with E-state index in [1.54, 1.807) is 19.2 Å². The Labute approximate surface area is 117 Å². The van der Waals surface area contributed by atoms with Crippen LogP contribution in [0.3, 0.4) is 0 Å². The summed E-state index contributed by atoms with van der Waals surface area (Å²) >= 11 is 1.23. The van der Waals surface area contributed by atoms with E-state index in [1.807, 2.05) is 0 Å². The van der Waals surface area contributed by atoms with E-state index in [4.69, 9.17) is 0 Å². The number of sulfonamides is 1. The van der Waals surface area contributed by atoms with E-state index < -0.39 is 10.0 Å². The van der Waals surface area contributed by atoms with Crippen molar-refractivity contribution >= 4 is 27.3 Å². The van der Waals surface area contributed by atoms with Crippen LogP contribution in [-0.4, -0.2) is 41.0 Å². The summed E-state index contributed by atoms with van der Waals surface area (Å²) in [6, 6.07) is 3.37. The predicted octanol–water partition coefficient (Wildman–Crippen LogP) is -0.0756. The summed E-state index contributed by atoms with van der Waals surface area (Å²) in [6.07, 6.45) is 0.635. The van der Waals surface area contributed by atoms with Gasteiger partial charge in [-0.05, 0) is 25.6 Å². The van der Waals surface area contributed by atoms with E-state index in [2.05, 4.69) is 15.4 Å². The maximum absolute atomic E-state index is 11.9. The molecule has 0 aliphatic heterocycles. The molecule has 0 atom stereocenters. The van der Waals surface area contributed by atoms with Gasteiger partial charge in [0.15, 0.2) is 0 Å². The first-order chi connectivity index (χ1) is 8.95. The van der Waals surface area contributed by atoms with Gasteiger partial charge in [0.05, 0.1) is 0 Å². The van der Waals surface area contributed by atoms with E-state index >= 15 is 0 Å². The molecule has 0 unspecified atom stereocenters. The van der Waals surface area contributed by atoms with Gasteiger partial charge in [-0.3, -0.25) is 4.79 Å². The second kappa shape index (κ2) is 7.59. The molecule has 6 nitrogen and oxygen atoms in total. The number of rotatable bonds is 8. The number of thiophene rings is 1. The van der Waals surface area contributed by atoms with Gasteiger partial charge < -0.3 is 10.6 Å². The molecule has 3 N–H and O–H groups in total. The summed E-state index contributed by atoms with van der Waals surface area (Å²) in [7, 11) is -1.65. The predicted molar refractivity (Wildman–Crippen MR) is 75.8 cm³/mol. The summed E-state index contributed by atoms with van der Waals surface area (Å²) in [5.41, 5.74) is 0. The Hall–Kier alpha value is -0.960. The zero-order valence-corrected chi connectivity index (χ0v) is 12.7. The molecular weight excluding hydrogens is 286 g/mol. The molecule has 0 saturated heterocycles. The third kappa shape index (κ3) is 5.68. The molecule has 1 amide bonds. The Morgan fingerprint density at radius 2 is 2.00 bits per heavy atom. The minimum absolute atomic E-state index is 0.0851. The monoisotopic (exact) mass is 305 g/mol. The van der Waals surface area contributed by atoms with Gasteiger partial charge in [0.1, 0.15) is 4.21 Å². The molecule has 1 aromatic heterocycles. The van der Waals surface area contributed by atoms with Crippen LogP contribution < -0.4 is 15.4 Å². The molecule has 1 aromatic rings. The summed E-state index contributed by atoms with van der Waals surface area (Å²) in [5, 5.41) is 5.55. The van der Waals surface area contributed by atoms with Gasteiger partial charge in [-0.1, -0.05) is 0 Å². The molecule has 8 heteroatoms. The highest BCUT2D eigenvalue weighted by molar-refractivity contribution is 7.91. The first kappa shape index (κ1) is 16.1. The van der Waals surface area contributed by atoms with Gasteiger partial charge in [-0.15, -0.1) is 11.3 Å². The second-order valence-electron chi connectivity index (χ2n) is 3.96. The number of carbonyl (C=O) groups excluding carboxylic acids is 1. The van der Waals surface area contributed by atoms with Crippen LogP contribution in [0.25, 0.3) is 0 Å². The molecule has 1 rings (SSSR count). The Balaban J connectivity index is 2.55. The summed E-state index contributed by atoms with van der Waals surface area (Å²) in [5.74, 6) is -0.0851. The lowest BCUT2D eigenvalue weighted by Crippen LogP contribution is -2.30. The van der Waals surface area contributed by atoms with Gasteiger partial charge in [-0.2, -0.15) is 0 Å². The fourth-order valence-corrected chi connectivity index (χ4v) is 3.81. The lowest BCUT2D eigenvalue weighted by molar-refractivity contribution is -0.118. The number of amides is 1. The topological polar surface area (TPSA) is 87.3 Å². The maximum Gasteiger partial charge on any atom is 0.250 e. The zero-order valence-electron chi connectivity index (χ0n) is 11.0. The summed E-state index contributed by atoms with van der Waals surface area (Å²) in [6.45, 7) is 2.91. The standard InChI is InChI=1S/C11H19N3O3S2/c1-9(15)13-6-5-10-3-4-11(18-10)19(16,17)14-8-7-12-2/h3-4,12,14H,5-8H2,1-2H3,(H,13,15). The van der Waals surface area contributed by atoms with Crippen LogP contribution in [0.1, 0.15) is 11.8 Å². The molecule has 108 valence electrons. The van der Waals surface area contributed by atoms with E-state index in [0.29, 0.717) is 30.3 Å². The van der Waals surface area contributed by atoms with E-state index in [-0.39, 0.29) is 5.91 Å². The van der Waals surface area contributed by atoms with Gasteiger partial charge in [0, 0.05) is 31.4 Å². The molecule has 0 fully saturated rings. The fourth-order valence-electron chi connectivity index (χ4n) is 1.38. The highest BCUT2D eigenvalue weighted by Gasteiger charge is 2.15. The molecule has 0 radical (unpaired) electrons. The Kier molecular flexibility index (Phi) is 6.43. The largest absolute Gasteiger partial charge is 0.356 e. The van der Waals surface area contributed by atoms with Crippen LogP contribution in [0.5, 0.6) is 0 Å². The van der Waals surface area contributed by atoms with Crippen LogP contribution in [0.4, 0.5) is 0 Å². The van der Waals surface area contributed by atoms with Crippen LogP contribution in [-0.2, 0) is 21.2 Å². The molecule has 0 aliphatic carbocycles. The summed E-state index contributed by atoms with van der Waals surface area (Å²) < 4.78 is 26.6. The van der Waals surface area contributed by atoms with Crippen molar-refractivity contribution in [1.82, 2.24) is 15.4 Å². The normalized spacial score (nSPS) is 11.5. The van der Waals surface area contributed by atoms with Crippen LogP contribution in [0, 0.1) is 0 Å². The van der Waals surface area contributed by atoms with Crippen molar-refractivity contribution in [3.8, 4) is 0 Å². The highest BCUT2D eigenvalue weighted by Crippen LogP contribution is 2.21. The number of likely N-dealkylation sites (N-methyl/N-ethyl adjacent to an activating group) is 1. The number of hydrogen-bond acceptors (Lipinski definition) is 5. The Morgan fingerprint density at radius 3 is 2.63 bits per heavy atom. The minimum atomic E-state index is -3.41. The molecule has 0 spiro atoms. The van der Waals surface area contributed by atoms with Gasteiger partial charge >= 0.3 is 0 Å².